The average Bonchev–Trinajstić information content (AvgIpc) is 3.30. The summed E-state index contributed by atoms with van der Waals surface area (Å²) in [6, 6.07) is 16.2. The van der Waals surface area contributed by atoms with Crippen LogP contribution in [0.25, 0.3) is 22.0 Å². The maximum atomic E-state index is 12.4. The summed E-state index contributed by atoms with van der Waals surface area (Å²) < 4.78 is 1.66. The van der Waals surface area contributed by atoms with Gasteiger partial charge in [0.2, 0.25) is 0 Å². The lowest BCUT2D eigenvalue weighted by atomic mass is 10.1. The quantitative estimate of drug-likeness (QED) is 0.593. The zero-order valence-electron chi connectivity index (χ0n) is 13.6. The van der Waals surface area contributed by atoms with Gasteiger partial charge >= 0.3 is 0 Å². The van der Waals surface area contributed by atoms with Crippen LogP contribution < -0.4 is 5.32 Å². The lowest BCUT2D eigenvalue weighted by Gasteiger charge is -2.04. The maximum absolute atomic E-state index is 12.4. The standard InChI is InChI=1S/C19H16N4OS/c1-2-23-17(9-10-20-23)18(24)22-19-21-16(12-25-19)15-8-7-13-5-3-4-6-14(13)11-15/h3-12H,2H2,1H3,(H,21,22,24). The molecule has 4 aromatic rings. The molecule has 0 unspecified atom stereocenters. The molecule has 0 saturated heterocycles. The Morgan fingerprint density at radius 1 is 1.16 bits per heavy atom. The van der Waals surface area contributed by atoms with Crippen molar-refractivity contribution in [3.8, 4) is 11.3 Å². The molecule has 1 N–H and O–H groups in total. The highest BCUT2D eigenvalue weighted by Gasteiger charge is 2.13. The summed E-state index contributed by atoms with van der Waals surface area (Å²) in [6.45, 7) is 2.60. The number of aryl methyl sites for hydroxylation is 1. The third-order valence-corrected chi connectivity index (χ3v) is 4.78. The molecule has 124 valence electrons. The average molecular weight is 348 g/mol. The van der Waals surface area contributed by atoms with E-state index in [-0.39, 0.29) is 5.91 Å². The van der Waals surface area contributed by atoms with Crippen LogP contribution in [0.2, 0.25) is 0 Å². The van der Waals surface area contributed by atoms with Crippen LogP contribution in [0.5, 0.6) is 0 Å². The van der Waals surface area contributed by atoms with E-state index in [0.717, 1.165) is 11.3 Å². The van der Waals surface area contributed by atoms with Gasteiger partial charge in [0.25, 0.3) is 5.91 Å². The van der Waals surface area contributed by atoms with Gasteiger partial charge in [0.15, 0.2) is 5.13 Å². The van der Waals surface area contributed by atoms with E-state index < -0.39 is 0 Å². The second-order valence-corrected chi connectivity index (χ2v) is 6.44. The van der Waals surface area contributed by atoms with Gasteiger partial charge in [-0.2, -0.15) is 5.10 Å². The molecule has 0 fully saturated rings. The molecule has 6 heteroatoms. The normalized spacial score (nSPS) is 10.9. The van der Waals surface area contributed by atoms with E-state index in [0.29, 0.717) is 17.4 Å². The number of nitrogens with zero attached hydrogens (tertiary/aromatic N) is 3. The summed E-state index contributed by atoms with van der Waals surface area (Å²) in [7, 11) is 0. The number of rotatable bonds is 4. The van der Waals surface area contributed by atoms with Gasteiger partial charge in [0, 0.05) is 23.7 Å². The zero-order chi connectivity index (χ0) is 17.2. The molecule has 0 radical (unpaired) electrons. The number of carbonyl (C=O) groups is 1. The number of nitrogens with one attached hydrogen (secondary N) is 1. The number of amides is 1. The Morgan fingerprint density at radius 2 is 2.00 bits per heavy atom. The van der Waals surface area contributed by atoms with Crippen LogP contribution >= 0.6 is 11.3 Å². The molecule has 0 saturated carbocycles. The van der Waals surface area contributed by atoms with Crippen LogP contribution in [0, 0.1) is 0 Å². The van der Waals surface area contributed by atoms with E-state index in [1.807, 2.05) is 24.4 Å². The summed E-state index contributed by atoms with van der Waals surface area (Å²) >= 11 is 1.42. The molecule has 5 nitrogen and oxygen atoms in total. The molecule has 1 amide bonds. The summed E-state index contributed by atoms with van der Waals surface area (Å²) in [5.74, 6) is -0.196. The first-order valence-corrected chi connectivity index (χ1v) is 8.90. The minimum atomic E-state index is -0.196. The Kier molecular flexibility index (Phi) is 4.03. The Morgan fingerprint density at radius 3 is 2.84 bits per heavy atom. The maximum Gasteiger partial charge on any atom is 0.275 e. The fourth-order valence-electron chi connectivity index (χ4n) is 2.75. The number of aromatic nitrogens is 3. The van der Waals surface area contributed by atoms with Crippen LogP contribution in [0.1, 0.15) is 17.4 Å². The van der Waals surface area contributed by atoms with Crippen molar-refractivity contribution in [2.75, 3.05) is 5.32 Å². The zero-order valence-corrected chi connectivity index (χ0v) is 14.5. The Balaban J connectivity index is 1.58. The highest BCUT2D eigenvalue weighted by atomic mass is 32.1. The number of anilines is 1. The third-order valence-electron chi connectivity index (χ3n) is 4.02. The van der Waals surface area contributed by atoms with Crippen molar-refractivity contribution in [3.05, 3.63) is 65.8 Å². The first-order chi connectivity index (χ1) is 12.2. The minimum absolute atomic E-state index is 0.196. The Hall–Kier alpha value is -2.99. The van der Waals surface area contributed by atoms with Gasteiger partial charge in [-0.3, -0.25) is 14.8 Å². The van der Waals surface area contributed by atoms with Crippen LogP contribution in [0.3, 0.4) is 0 Å². The van der Waals surface area contributed by atoms with Crippen LogP contribution in [-0.4, -0.2) is 20.7 Å². The van der Waals surface area contributed by atoms with Crippen molar-refractivity contribution in [2.24, 2.45) is 0 Å². The Labute approximate surface area is 149 Å². The molecule has 0 spiro atoms. The summed E-state index contributed by atoms with van der Waals surface area (Å²) in [5.41, 5.74) is 2.43. The molecule has 4 rings (SSSR count). The number of hydrogen-bond donors (Lipinski definition) is 1. The smallest absolute Gasteiger partial charge is 0.275 e. The molecular formula is C19H16N4OS. The van der Waals surface area contributed by atoms with Crippen LogP contribution in [-0.2, 0) is 6.54 Å². The summed E-state index contributed by atoms with van der Waals surface area (Å²) in [5, 5.41) is 11.9. The monoisotopic (exact) mass is 348 g/mol. The number of fused-ring (bicyclic) bond motifs is 1. The van der Waals surface area contributed by atoms with E-state index in [1.165, 1.54) is 22.1 Å². The number of hydrogen-bond acceptors (Lipinski definition) is 4. The number of thiazole rings is 1. The van der Waals surface area contributed by atoms with Gasteiger partial charge in [-0.15, -0.1) is 11.3 Å². The second-order valence-electron chi connectivity index (χ2n) is 5.59. The summed E-state index contributed by atoms with van der Waals surface area (Å²) in [6.07, 6.45) is 1.63. The SMILES string of the molecule is CCn1nccc1C(=O)Nc1nc(-c2ccc3ccccc3c2)cs1. The molecule has 0 aliphatic carbocycles. The molecule has 2 heterocycles. The predicted molar refractivity (Wildman–Crippen MR) is 101 cm³/mol. The first kappa shape index (κ1) is 15.5. The number of carbonyl (C=O) groups excluding carboxylic acids is 1. The third kappa shape index (κ3) is 3.04. The van der Waals surface area contributed by atoms with E-state index in [4.69, 9.17) is 0 Å². The number of benzene rings is 2. The molecule has 0 atom stereocenters. The second kappa shape index (κ2) is 6.49. The highest BCUT2D eigenvalue weighted by molar-refractivity contribution is 7.14. The van der Waals surface area contributed by atoms with Crippen molar-refractivity contribution < 1.29 is 4.79 Å². The van der Waals surface area contributed by atoms with Crippen LogP contribution in [0.15, 0.2) is 60.1 Å². The fourth-order valence-corrected chi connectivity index (χ4v) is 3.47. The topological polar surface area (TPSA) is 59.8 Å². The molecule has 2 aromatic heterocycles. The van der Waals surface area contributed by atoms with Gasteiger partial charge in [-0.25, -0.2) is 4.98 Å². The van der Waals surface area contributed by atoms with Crippen molar-refractivity contribution in [1.29, 1.82) is 0 Å². The predicted octanol–water partition coefficient (Wildman–Crippen LogP) is 4.43. The lowest BCUT2D eigenvalue weighted by Crippen LogP contribution is -2.17. The molecular weight excluding hydrogens is 332 g/mol. The van der Waals surface area contributed by atoms with Gasteiger partial charge in [-0.05, 0) is 29.8 Å². The van der Waals surface area contributed by atoms with Crippen molar-refractivity contribution >= 4 is 33.1 Å². The van der Waals surface area contributed by atoms with Gasteiger partial charge in [0.1, 0.15) is 5.69 Å². The summed E-state index contributed by atoms with van der Waals surface area (Å²) in [4.78, 5) is 16.9. The van der Waals surface area contributed by atoms with Crippen molar-refractivity contribution in [3.63, 3.8) is 0 Å². The molecule has 0 aliphatic heterocycles. The van der Waals surface area contributed by atoms with Gasteiger partial charge in [-0.1, -0.05) is 36.4 Å². The molecule has 0 bridgehead atoms. The van der Waals surface area contributed by atoms with E-state index in [9.17, 15) is 4.79 Å². The van der Waals surface area contributed by atoms with Crippen molar-refractivity contribution in [1.82, 2.24) is 14.8 Å². The van der Waals surface area contributed by atoms with Crippen molar-refractivity contribution in [2.45, 2.75) is 13.5 Å². The van der Waals surface area contributed by atoms with E-state index >= 15 is 0 Å². The molecule has 0 aliphatic rings. The highest BCUT2D eigenvalue weighted by Crippen LogP contribution is 2.28. The lowest BCUT2D eigenvalue weighted by molar-refractivity contribution is 0.101. The Bertz CT molecular complexity index is 1050. The molecule has 25 heavy (non-hydrogen) atoms. The van der Waals surface area contributed by atoms with Gasteiger partial charge in [0.05, 0.1) is 5.69 Å². The fraction of sp³-hybridized carbons (Fsp3) is 0.105. The largest absolute Gasteiger partial charge is 0.296 e. The van der Waals surface area contributed by atoms with Crippen LogP contribution in [0.4, 0.5) is 5.13 Å². The molecule has 2 aromatic carbocycles. The first-order valence-electron chi connectivity index (χ1n) is 8.02. The van der Waals surface area contributed by atoms with Gasteiger partial charge < -0.3 is 0 Å². The van der Waals surface area contributed by atoms with E-state index in [2.05, 4.69) is 45.7 Å². The van der Waals surface area contributed by atoms with E-state index in [1.54, 1.807) is 16.9 Å². The minimum Gasteiger partial charge on any atom is -0.296 e.